The molecule has 0 radical (unpaired) electrons. The first-order chi connectivity index (χ1) is 16.3. The molecule has 1 aromatic carbocycles. The van der Waals surface area contributed by atoms with Gasteiger partial charge in [0.05, 0.1) is 11.0 Å². The minimum Gasteiger partial charge on any atom is -0.476 e. The lowest BCUT2D eigenvalue weighted by atomic mass is 9.60. The number of carboxylic acid groups (broad SMARTS) is 1. The Balaban J connectivity index is 1.32. The number of carboxylic acids is 1. The molecular weight excluding hydrogens is 426 g/mol. The van der Waals surface area contributed by atoms with E-state index in [2.05, 4.69) is 23.7 Å². The first kappa shape index (κ1) is 22.3. The minimum absolute atomic E-state index is 0.0343. The third-order valence-corrected chi connectivity index (χ3v) is 9.35. The second kappa shape index (κ2) is 8.18. The lowest BCUT2D eigenvalue weighted by molar-refractivity contribution is -0.0599. The van der Waals surface area contributed by atoms with Crippen LogP contribution in [0.25, 0.3) is 11.0 Å². The van der Waals surface area contributed by atoms with Crippen LogP contribution in [-0.4, -0.2) is 43.7 Å². The van der Waals surface area contributed by atoms with Crippen LogP contribution in [0, 0.1) is 17.3 Å². The van der Waals surface area contributed by atoms with Crippen LogP contribution >= 0.6 is 0 Å². The van der Waals surface area contributed by atoms with Gasteiger partial charge in [0.15, 0.2) is 0 Å². The standard InChI is InChI=1S/C28H37N3O3/c1-28(2)15-17-10-18(16-28)12-21(11-17)30-19-6-5-7-20(30)14-22(13-19)31-24-9-4-3-8-23(24)29-25(26(31)32)27(33)34/h3-4,8-9,17-22H,5-7,10-16H2,1-2H3,(H,33,34)/t17-,18+,19-,20+,21?,22?. The summed E-state index contributed by atoms with van der Waals surface area (Å²) >= 11 is 0. The highest BCUT2D eigenvalue weighted by Gasteiger charge is 2.47. The summed E-state index contributed by atoms with van der Waals surface area (Å²) in [5.41, 5.74) is 1.05. The molecule has 4 fully saturated rings. The molecule has 6 rings (SSSR count). The minimum atomic E-state index is -1.24. The van der Waals surface area contributed by atoms with Crippen LogP contribution in [0.1, 0.15) is 94.6 Å². The third kappa shape index (κ3) is 3.78. The van der Waals surface area contributed by atoms with Crippen molar-refractivity contribution in [1.29, 1.82) is 0 Å². The van der Waals surface area contributed by atoms with E-state index in [1.807, 2.05) is 24.3 Å². The van der Waals surface area contributed by atoms with Crippen molar-refractivity contribution in [1.82, 2.24) is 14.5 Å². The molecule has 6 heteroatoms. The number of rotatable bonds is 3. The molecule has 2 unspecified atom stereocenters. The zero-order chi connectivity index (χ0) is 23.6. The summed E-state index contributed by atoms with van der Waals surface area (Å²) in [6.45, 7) is 4.91. The summed E-state index contributed by atoms with van der Waals surface area (Å²) in [5, 5.41) is 9.65. The molecule has 0 spiro atoms. The van der Waals surface area contributed by atoms with Gasteiger partial charge in [0, 0.05) is 24.2 Å². The first-order valence-corrected chi connectivity index (χ1v) is 13.3. The van der Waals surface area contributed by atoms with Gasteiger partial charge < -0.3 is 9.67 Å². The van der Waals surface area contributed by atoms with Crippen LogP contribution < -0.4 is 5.56 Å². The van der Waals surface area contributed by atoms with Crippen molar-refractivity contribution in [3.63, 3.8) is 0 Å². The molecular formula is C28H37N3O3. The third-order valence-electron chi connectivity index (χ3n) is 9.35. The maximum Gasteiger partial charge on any atom is 0.360 e. The fourth-order valence-electron chi connectivity index (χ4n) is 8.60. The summed E-state index contributed by atoms with van der Waals surface area (Å²) in [6, 6.07) is 9.19. The summed E-state index contributed by atoms with van der Waals surface area (Å²) in [7, 11) is 0. The summed E-state index contributed by atoms with van der Waals surface area (Å²) < 4.78 is 1.78. The number of nitrogens with zero attached hydrogens (tertiary/aromatic N) is 3. The van der Waals surface area contributed by atoms with E-state index in [1.165, 1.54) is 51.4 Å². The quantitative estimate of drug-likeness (QED) is 0.672. The highest BCUT2D eigenvalue weighted by molar-refractivity contribution is 5.88. The average Bonchev–Trinajstić information content (AvgIpc) is 2.76. The van der Waals surface area contributed by atoms with Crippen molar-refractivity contribution in [3.8, 4) is 0 Å². The second-order valence-corrected chi connectivity index (χ2v) is 12.4. The van der Waals surface area contributed by atoms with Crippen LogP contribution in [0.3, 0.4) is 0 Å². The van der Waals surface area contributed by atoms with Gasteiger partial charge in [-0.3, -0.25) is 9.69 Å². The lowest BCUT2D eigenvalue weighted by Gasteiger charge is -2.56. The molecule has 1 aromatic heterocycles. The van der Waals surface area contributed by atoms with Crippen LogP contribution in [0.5, 0.6) is 0 Å². The van der Waals surface area contributed by atoms with E-state index in [0.717, 1.165) is 30.2 Å². The van der Waals surface area contributed by atoms with Crippen molar-refractivity contribution in [2.75, 3.05) is 0 Å². The van der Waals surface area contributed by atoms with Gasteiger partial charge in [0.1, 0.15) is 0 Å². The molecule has 1 N–H and O–H groups in total. The molecule has 4 bridgehead atoms. The summed E-state index contributed by atoms with van der Waals surface area (Å²) in [5.74, 6) is 0.477. The summed E-state index contributed by atoms with van der Waals surface area (Å²) in [4.78, 5) is 32.2. The lowest BCUT2D eigenvalue weighted by Crippen LogP contribution is -2.59. The number of hydrogen-bond acceptors (Lipinski definition) is 4. The van der Waals surface area contributed by atoms with E-state index in [9.17, 15) is 14.7 Å². The van der Waals surface area contributed by atoms with E-state index < -0.39 is 11.5 Å². The predicted octanol–water partition coefficient (Wildman–Crippen LogP) is 5.26. The SMILES string of the molecule is CC1(C)C[C@@H]2CC(N3[C@@H]4CCC[C@H]3CC(n3c(=O)c(C(=O)O)nc5ccccc53)C4)C[C@@H](C2)C1. The van der Waals surface area contributed by atoms with Crippen molar-refractivity contribution in [3.05, 3.63) is 40.3 Å². The van der Waals surface area contributed by atoms with Crippen LogP contribution in [0.4, 0.5) is 0 Å². The number of hydrogen-bond donors (Lipinski definition) is 1. The maximum absolute atomic E-state index is 13.3. The fourth-order valence-corrected chi connectivity index (χ4v) is 8.60. The Morgan fingerprint density at radius 1 is 0.941 bits per heavy atom. The van der Waals surface area contributed by atoms with Crippen molar-refractivity contribution in [2.24, 2.45) is 17.3 Å². The second-order valence-electron chi connectivity index (χ2n) is 12.4. The normalized spacial score (nSPS) is 35.2. The van der Waals surface area contributed by atoms with E-state index >= 15 is 0 Å². The number of benzene rings is 1. The Kier molecular flexibility index (Phi) is 5.36. The molecule has 182 valence electrons. The highest BCUT2D eigenvalue weighted by Crippen LogP contribution is 2.51. The molecule has 2 saturated heterocycles. The van der Waals surface area contributed by atoms with Gasteiger partial charge in [0.25, 0.3) is 5.56 Å². The molecule has 2 aliphatic carbocycles. The molecule has 6 nitrogen and oxygen atoms in total. The van der Waals surface area contributed by atoms with E-state index in [4.69, 9.17) is 0 Å². The van der Waals surface area contributed by atoms with Gasteiger partial charge in [-0.05, 0) is 87.2 Å². The smallest absolute Gasteiger partial charge is 0.360 e. The van der Waals surface area contributed by atoms with Gasteiger partial charge in [-0.15, -0.1) is 0 Å². The average molecular weight is 464 g/mol. The van der Waals surface area contributed by atoms with E-state index in [-0.39, 0.29) is 11.7 Å². The van der Waals surface area contributed by atoms with E-state index in [0.29, 0.717) is 29.1 Å². The Morgan fingerprint density at radius 2 is 1.59 bits per heavy atom. The topological polar surface area (TPSA) is 75.4 Å². The number of fused-ring (bicyclic) bond motifs is 5. The molecule has 34 heavy (non-hydrogen) atoms. The highest BCUT2D eigenvalue weighted by atomic mass is 16.4. The Hall–Kier alpha value is -2.21. The van der Waals surface area contributed by atoms with Crippen molar-refractivity contribution >= 4 is 17.0 Å². The van der Waals surface area contributed by atoms with Gasteiger partial charge in [0.2, 0.25) is 5.69 Å². The molecule has 3 heterocycles. The molecule has 0 amide bonds. The van der Waals surface area contributed by atoms with Crippen molar-refractivity contribution in [2.45, 2.75) is 102 Å². The Morgan fingerprint density at radius 3 is 2.24 bits per heavy atom. The zero-order valence-electron chi connectivity index (χ0n) is 20.4. The van der Waals surface area contributed by atoms with Crippen molar-refractivity contribution < 1.29 is 9.90 Å². The molecule has 6 atom stereocenters. The number of aromatic carboxylic acids is 1. The zero-order valence-corrected chi connectivity index (χ0v) is 20.4. The monoisotopic (exact) mass is 463 g/mol. The fraction of sp³-hybridized carbons (Fsp3) is 0.679. The number of para-hydroxylation sites is 2. The predicted molar refractivity (Wildman–Crippen MR) is 132 cm³/mol. The molecule has 2 aromatic rings. The van der Waals surface area contributed by atoms with Gasteiger partial charge in [-0.2, -0.15) is 0 Å². The van der Waals surface area contributed by atoms with Gasteiger partial charge in [-0.1, -0.05) is 32.4 Å². The number of piperidine rings is 2. The molecule has 2 aliphatic heterocycles. The van der Waals surface area contributed by atoms with E-state index in [1.54, 1.807) is 4.57 Å². The van der Waals surface area contributed by atoms with Crippen LogP contribution in [0.2, 0.25) is 0 Å². The van der Waals surface area contributed by atoms with Gasteiger partial charge in [-0.25, -0.2) is 9.78 Å². The van der Waals surface area contributed by atoms with Gasteiger partial charge >= 0.3 is 5.97 Å². The largest absolute Gasteiger partial charge is 0.476 e. The van der Waals surface area contributed by atoms with Crippen LogP contribution in [-0.2, 0) is 0 Å². The molecule has 2 saturated carbocycles. The first-order valence-electron chi connectivity index (χ1n) is 13.3. The maximum atomic E-state index is 13.3. The van der Waals surface area contributed by atoms with Crippen LogP contribution in [0.15, 0.2) is 29.1 Å². The summed E-state index contributed by atoms with van der Waals surface area (Å²) in [6.07, 6.45) is 12.3. The number of carbonyl (C=O) groups is 1. The Labute approximate surface area is 201 Å². The number of aromatic nitrogens is 2. The molecule has 4 aliphatic rings. The Bertz CT molecular complexity index is 1140.